The fraction of sp³-hybridized carbons (Fsp3) is 0.500. The van der Waals surface area contributed by atoms with Gasteiger partial charge in [-0.05, 0) is 72.9 Å². The van der Waals surface area contributed by atoms with Gasteiger partial charge >= 0.3 is 5.91 Å². The third-order valence-electron chi connectivity index (χ3n) is 8.95. The Bertz CT molecular complexity index is 1470. The van der Waals surface area contributed by atoms with Crippen molar-refractivity contribution in [2.24, 2.45) is 13.0 Å². The second-order valence-corrected chi connectivity index (χ2v) is 13.7. The van der Waals surface area contributed by atoms with Gasteiger partial charge in [-0.3, -0.25) is 4.48 Å². The predicted molar refractivity (Wildman–Crippen MR) is 158 cm³/mol. The number of piperidine rings is 1. The Kier molecular flexibility index (Phi) is 7.31. The number of carbonyl (C=O) groups excluding carboxylic acids is 1. The van der Waals surface area contributed by atoms with Crippen LogP contribution in [0.1, 0.15) is 69.4 Å². The Balaban J connectivity index is 1.40. The molecule has 5 rings (SSSR count). The molecule has 1 aliphatic heterocycles. The minimum atomic E-state index is -2.68. The van der Waals surface area contributed by atoms with Crippen LogP contribution in [0.3, 0.4) is 0 Å². The molecule has 0 spiro atoms. The topological polar surface area (TPSA) is 90.0 Å². The lowest BCUT2D eigenvalue weighted by Gasteiger charge is -2.39. The minimum Gasteiger partial charge on any atom is -0.383 e. The summed E-state index contributed by atoms with van der Waals surface area (Å²) in [6.45, 7) is 5.63. The molecule has 0 bridgehead atoms. The van der Waals surface area contributed by atoms with E-state index in [0.717, 1.165) is 62.0 Å². The molecule has 3 heterocycles. The second kappa shape index (κ2) is 10.4. The van der Waals surface area contributed by atoms with E-state index in [1.165, 1.54) is 23.8 Å². The maximum atomic E-state index is 14.0. The van der Waals surface area contributed by atoms with Gasteiger partial charge in [-0.25, -0.2) is 14.0 Å². The number of rotatable bonds is 6. The molecule has 2 aliphatic rings. The van der Waals surface area contributed by atoms with Crippen LogP contribution < -0.4 is 10.5 Å². The summed E-state index contributed by atoms with van der Waals surface area (Å²) >= 11 is 0. The monoisotopic (exact) mass is 536 g/mol. The van der Waals surface area contributed by atoms with Crippen molar-refractivity contribution < 1.29 is 13.5 Å². The fourth-order valence-corrected chi connectivity index (χ4v) is 7.98. The lowest BCUT2D eigenvalue weighted by molar-refractivity contribution is -0.842. The van der Waals surface area contributed by atoms with Crippen molar-refractivity contribution in [3.8, 4) is 0 Å². The van der Waals surface area contributed by atoms with Crippen LogP contribution in [-0.2, 0) is 28.0 Å². The number of quaternary nitrogens is 1. The van der Waals surface area contributed by atoms with E-state index in [1.54, 1.807) is 11.6 Å². The first kappa shape index (κ1) is 26.8. The Hall–Kier alpha value is -2.84. The highest BCUT2D eigenvalue weighted by atomic mass is 32.2. The number of pyridine rings is 1. The van der Waals surface area contributed by atoms with Gasteiger partial charge in [0.2, 0.25) is 0 Å². The van der Waals surface area contributed by atoms with E-state index in [9.17, 15) is 9.00 Å². The first-order valence-corrected chi connectivity index (χ1v) is 15.6. The zero-order valence-corrected chi connectivity index (χ0v) is 24.0. The summed E-state index contributed by atoms with van der Waals surface area (Å²) < 4.78 is 20.1. The Labute approximate surface area is 227 Å². The molecule has 1 amide bonds. The number of amides is 1. The molecule has 3 aromatic rings. The molecule has 0 radical (unpaired) electrons. The van der Waals surface area contributed by atoms with Gasteiger partial charge in [-0.1, -0.05) is 19.8 Å². The number of aromatic nitrogens is 2. The standard InChI is InChI=1S/C30H42N5O2S/c1-5-21-17-25(19-32-29(21)31)38(37,6-2)33-24-11-12-28-26(18-24)27(20-34(28)3)22-13-15-35(4,16-14-22)30(36)23-9-7-8-10-23/h6,11-12,17-20,22-23H,5,7-10,13-16H2,1-4H3,(H2,31,32)(H,33,37)/q+1. The quantitative estimate of drug-likeness (QED) is 0.333. The highest BCUT2D eigenvalue weighted by Gasteiger charge is 2.42. The predicted octanol–water partition coefficient (Wildman–Crippen LogP) is 5.25. The number of carbonyl (C=O) groups is 1. The molecule has 8 heteroatoms. The maximum Gasteiger partial charge on any atom is 0.316 e. The number of benzene rings is 1. The molecule has 2 aromatic heterocycles. The normalized spacial score (nSPS) is 23.8. The van der Waals surface area contributed by atoms with E-state index in [4.69, 9.17) is 5.73 Å². The maximum absolute atomic E-state index is 14.0. The van der Waals surface area contributed by atoms with E-state index in [0.29, 0.717) is 27.0 Å². The third-order valence-corrected chi connectivity index (χ3v) is 11.1. The molecule has 1 atom stereocenters. The van der Waals surface area contributed by atoms with Crippen LogP contribution >= 0.6 is 0 Å². The number of nitrogens with two attached hydrogens (primary N) is 1. The van der Waals surface area contributed by atoms with E-state index in [1.807, 2.05) is 26.0 Å². The number of hydrogen-bond donors (Lipinski definition) is 2. The van der Waals surface area contributed by atoms with Gasteiger partial charge < -0.3 is 15.0 Å². The van der Waals surface area contributed by atoms with E-state index >= 15 is 0 Å². The lowest BCUT2D eigenvalue weighted by Crippen LogP contribution is -2.55. The molecule has 1 saturated heterocycles. The van der Waals surface area contributed by atoms with E-state index in [2.05, 4.69) is 46.7 Å². The third kappa shape index (κ3) is 4.84. The highest BCUT2D eigenvalue weighted by molar-refractivity contribution is 8.02. The van der Waals surface area contributed by atoms with Gasteiger partial charge in [0.05, 0.1) is 40.7 Å². The Morgan fingerprint density at radius 3 is 2.58 bits per heavy atom. The van der Waals surface area contributed by atoms with Gasteiger partial charge in [0.25, 0.3) is 0 Å². The number of hydrogen-bond acceptors (Lipinski definition) is 4. The number of aryl methyl sites for hydroxylation is 2. The molecule has 1 aliphatic carbocycles. The van der Waals surface area contributed by atoms with E-state index in [-0.39, 0.29) is 5.92 Å². The smallest absolute Gasteiger partial charge is 0.316 e. The summed E-state index contributed by atoms with van der Waals surface area (Å²) in [6.07, 6.45) is 11.1. The molecular formula is C30H42N5O2S+. The van der Waals surface area contributed by atoms with Crippen LogP contribution in [0.4, 0.5) is 11.5 Å². The van der Waals surface area contributed by atoms with Crippen molar-refractivity contribution in [2.45, 2.75) is 69.6 Å². The molecule has 3 N–H and O–H groups in total. The van der Waals surface area contributed by atoms with Crippen molar-refractivity contribution in [1.29, 1.82) is 0 Å². The fourth-order valence-electron chi connectivity index (χ4n) is 6.47. The van der Waals surface area contributed by atoms with Crippen molar-refractivity contribution in [1.82, 2.24) is 9.55 Å². The summed E-state index contributed by atoms with van der Waals surface area (Å²) in [5.74, 6) is 1.61. The molecule has 38 heavy (non-hydrogen) atoms. The van der Waals surface area contributed by atoms with Crippen LogP contribution in [0.25, 0.3) is 10.9 Å². The largest absolute Gasteiger partial charge is 0.383 e. The summed E-state index contributed by atoms with van der Waals surface area (Å²) in [5, 5.41) is 2.90. The first-order valence-electron chi connectivity index (χ1n) is 14.0. The number of nitrogens with one attached hydrogen (secondary N) is 1. The summed E-state index contributed by atoms with van der Waals surface area (Å²) in [7, 11) is 1.55. The average molecular weight is 537 g/mol. The molecular weight excluding hydrogens is 494 g/mol. The summed E-state index contributed by atoms with van der Waals surface area (Å²) in [4.78, 5) is 18.2. The number of nitrogens with zero attached hydrogens (tertiary/aromatic N) is 3. The van der Waals surface area contributed by atoms with Crippen LogP contribution in [-0.4, -0.2) is 49.7 Å². The lowest BCUT2D eigenvalue weighted by atomic mass is 9.87. The van der Waals surface area contributed by atoms with Crippen molar-refractivity contribution in [2.75, 3.05) is 30.6 Å². The van der Waals surface area contributed by atoms with Crippen molar-refractivity contribution >= 4 is 43.4 Å². The van der Waals surface area contributed by atoms with Crippen molar-refractivity contribution in [3.63, 3.8) is 0 Å². The second-order valence-electron chi connectivity index (χ2n) is 11.4. The molecule has 1 unspecified atom stereocenters. The zero-order valence-electron chi connectivity index (χ0n) is 23.2. The van der Waals surface area contributed by atoms with Crippen LogP contribution in [0, 0.1) is 5.92 Å². The molecule has 1 aromatic carbocycles. The molecule has 7 nitrogen and oxygen atoms in total. The van der Waals surface area contributed by atoms with Crippen LogP contribution in [0.5, 0.6) is 0 Å². The van der Waals surface area contributed by atoms with Gasteiger partial charge in [-0.15, -0.1) is 0 Å². The SMILES string of the molecule is CC=S(=O)(Nc1ccc2c(c1)c(C1CC[N+](C)(C(=O)C3CCCC3)CC1)cn2C)c1cnc(N)c(CC)c1. The van der Waals surface area contributed by atoms with E-state index < -0.39 is 9.71 Å². The van der Waals surface area contributed by atoms with Crippen LogP contribution in [0.15, 0.2) is 41.6 Å². The van der Waals surface area contributed by atoms with Gasteiger partial charge in [0.15, 0.2) is 0 Å². The average Bonchev–Trinajstić information content (AvgIpc) is 3.57. The van der Waals surface area contributed by atoms with Gasteiger partial charge in [-0.2, -0.15) is 0 Å². The van der Waals surface area contributed by atoms with Gasteiger partial charge in [0, 0.05) is 48.9 Å². The number of likely N-dealkylation sites (tertiary alicyclic amines) is 1. The molecule has 1 saturated carbocycles. The van der Waals surface area contributed by atoms with Crippen LogP contribution in [0.2, 0.25) is 0 Å². The number of fused-ring (bicyclic) bond motifs is 1. The Morgan fingerprint density at radius 2 is 1.92 bits per heavy atom. The minimum absolute atomic E-state index is 0.262. The summed E-state index contributed by atoms with van der Waals surface area (Å²) in [6, 6.07) is 8.12. The summed E-state index contributed by atoms with van der Waals surface area (Å²) in [5.41, 5.74) is 10.2. The van der Waals surface area contributed by atoms with Crippen molar-refractivity contribution in [3.05, 3.63) is 47.8 Å². The zero-order chi connectivity index (χ0) is 27.1. The number of nitrogen functional groups attached to an aromatic ring is 1. The van der Waals surface area contributed by atoms with Gasteiger partial charge in [0.1, 0.15) is 5.82 Å². The highest BCUT2D eigenvalue weighted by Crippen LogP contribution is 2.39. The number of anilines is 2. The first-order chi connectivity index (χ1) is 18.2. The Morgan fingerprint density at radius 1 is 1.21 bits per heavy atom. The molecule has 204 valence electrons. The molecule has 2 fully saturated rings.